The minimum absolute atomic E-state index is 0.0333. The van der Waals surface area contributed by atoms with Gasteiger partial charge in [0, 0.05) is 5.56 Å². The molecule has 6 nitrogen and oxygen atoms in total. The Bertz CT molecular complexity index is 1510. The highest BCUT2D eigenvalue weighted by Crippen LogP contribution is 2.45. The Balaban J connectivity index is 1.72. The normalized spacial score (nSPS) is 17.2. The molecule has 3 aromatic carbocycles. The SMILES string of the molecule is CCCOc1cccc(C2C(=C(O)c3ccccc3)C(=O)C(=O)N2c2nc3c(C)cc(C)cc3s2)c1. The number of hydrogen-bond donors (Lipinski definition) is 1. The van der Waals surface area contributed by atoms with Crippen LogP contribution in [0.15, 0.2) is 72.3 Å². The van der Waals surface area contributed by atoms with Crippen molar-refractivity contribution in [3.05, 3.63) is 94.6 Å². The number of fused-ring (bicyclic) bond motifs is 1. The fraction of sp³-hybridized carbons (Fsp3) is 0.207. The third-order valence-corrected chi connectivity index (χ3v) is 7.16. The summed E-state index contributed by atoms with van der Waals surface area (Å²) in [5, 5.41) is 11.7. The minimum atomic E-state index is -0.850. The van der Waals surface area contributed by atoms with Crippen molar-refractivity contribution >= 4 is 44.1 Å². The lowest BCUT2D eigenvalue weighted by Crippen LogP contribution is -2.29. The second-order valence-corrected chi connectivity index (χ2v) is 9.89. The number of rotatable bonds is 6. The fourth-order valence-electron chi connectivity index (χ4n) is 4.55. The topological polar surface area (TPSA) is 79.7 Å². The number of Topliss-reactive ketones (excluding diaryl/α,β-unsaturated/α-hetero) is 1. The maximum Gasteiger partial charge on any atom is 0.301 e. The summed E-state index contributed by atoms with van der Waals surface area (Å²) >= 11 is 1.36. The molecule has 0 radical (unpaired) electrons. The molecule has 0 aliphatic carbocycles. The van der Waals surface area contributed by atoms with Gasteiger partial charge in [0.2, 0.25) is 0 Å². The van der Waals surface area contributed by atoms with Gasteiger partial charge in [-0.25, -0.2) is 4.98 Å². The number of thiazole rings is 1. The summed E-state index contributed by atoms with van der Waals surface area (Å²) in [6.45, 7) is 6.56. The first-order valence-corrected chi connectivity index (χ1v) is 12.7. The maximum absolute atomic E-state index is 13.5. The van der Waals surface area contributed by atoms with Crippen molar-refractivity contribution in [2.75, 3.05) is 11.5 Å². The van der Waals surface area contributed by atoms with Gasteiger partial charge in [-0.05, 0) is 55.2 Å². The van der Waals surface area contributed by atoms with Crippen molar-refractivity contribution in [1.82, 2.24) is 4.98 Å². The minimum Gasteiger partial charge on any atom is -0.507 e. The molecule has 1 amide bonds. The third-order valence-electron chi connectivity index (χ3n) is 6.16. The smallest absolute Gasteiger partial charge is 0.301 e. The zero-order valence-electron chi connectivity index (χ0n) is 20.3. The number of anilines is 1. The number of aromatic nitrogens is 1. The summed E-state index contributed by atoms with van der Waals surface area (Å²) in [6, 6.07) is 19.3. The van der Waals surface area contributed by atoms with E-state index >= 15 is 0 Å². The highest BCUT2D eigenvalue weighted by atomic mass is 32.1. The summed E-state index contributed by atoms with van der Waals surface area (Å²) < 4.78 is 6.76. The number of carbonyl (C=O) groups excluding carboxylic acids is 2. The van der Waals surface area contributed by atoms with Crippen LogP contribution in [0, 0.1) is 13.8 Å². The number of aryl methyl sites for hydroxylation is 2. The molecular formula is C29H26N2O4S. The van der Waals surface area contributed by atoms with Crippen molar-refractivity contribution in [2.45, 2.75) is 33.2 Å². The molecule has 4 aromatic rings. The zero-order valence-corrected chi connectivity index (χ0v) is 21.1. The number of ketones is 1. The highest BCUT2D eigenvalue weighted by Gasteiger charge is 2.48. The predicted molar refractivity (Wildman–Crippen MR) is 143 cm³/mol. The highest BCUT2D eigenvalue weighted by molar-refractivity contribution is 7.22. The first-order chi connectivity index (χ1) is 17.4. The van der Waals surface area contributed by atoms with Crippen molar-refractivity contribution in [3.63, 3.8) is 0 Å². The van der Waals surface area contributed by atoms with Crippen LogP contribution in [0.4, 0.5) is 5.13 Å². The van der Waals surface area contributed by atoms with E-state index in [9.17, 15) is 14.7 Å². The Kier molecular flexibility index (Phi) is 6.33. The Morgan fingerprint density at radius 2 is 1.83 bits per heavy atom. The van der Waals surface area contributed by atoms with Crippen molar-refractivity contribution < 1.29 is 19.4 Å². The second kappa shape index (κ2) is 9.59. The molecule has 1 fully saturated rings. The number of benzene rings is 3. The van der Waals surface area contributed by atoms with E-state index < -0.39 is 17.7 Å². The number of amides is 1. The van der Waals surface area contributed by atoms with Gasteiger partial charge in [0.15, 0.2) is 5.13 Å². The summed E-state index contributed by atoms with van der Waals surface area (Å²) in [5.74, 6) is -1.04. The van der Waals surface area contributed by atoms with Crippen LogP contribution in [0.5, 0.6) is 5.75 Å². The van der Waals surface area contributed by atoms with Gasteiger partial charge < -0.3 is 9.84 Å². The van der Waals surface area contributed by atoms with E-state index in [1.54, 1.807) is 24.3 Å². The molecular weight excluding hydrogens is 472 g/mol. The number of ether oxygens (including phenoxy) is 1. The Morgan fingerprint density at radius 3 is 2.58 bits per heavy atom. The molecule has 1 aromatic heterocycles. The Morgan fingerprint density at radius 1 is 1.06 bits per heavy atom. The monoisotopic (exact) mass is 498 g/mol. The van der Waals surface area contributed by atoms with E-state index in [1.807, 2.05) is 63.2 Å². The van der Waals surface area contributed by atoms with Gasteiger partial charge >= 0.3 is 5.91 Å². The van der Waals surface area contributed by atoms with Crippen molar-refractivity contribution in [2.24, 2.45) is 0 Å². The van der Waals surface area contributed by atoms with Crippen molar-refractivity contribution in [3.8, 4) is 5.75 Å². The van der Waals surface area contributed by atoms with Crippen LogP contribution in [0.3, 0.4) is 0 Å². The first-order valence-electron chi connectivity index (χ1n) is 11.9. The van der Waals surface area contributed by atoms with Gasteiger partial charge in [0.25, 0.3) is 5.78 Å². The molecule has 7 heteroatoms. The summed E-state index contributed by atoms with van der Waals surface area (Å²) in [4.78, 5) is 33.1. The van der Waals surface area contributed by atoms with Crippen LogP contribution >= 0.6 is 11.3 Å². The third kappa shape index (κ3) is 4.16. The van der Waals surface area contributed by atoms with Gasteiger partial charge in [0.1, 0.15) is 11.5 Å². The van der Waals surface area contributed by atoms with Gasteiger partial charge in [-0.3, -0.25) is 14.5 Å². The number of aliphatic hydroxyl groups is 1. The molecule has 1 N–H and O–H groups in total. The van der Waals surface area contributed by atoms with Crippen LogP contribution in [0.25, 0.3) is 16.0 Å². The number of aliphatic hydroxyl groups excluding tert-OH is 1. The number of carbonyl (C=O) groups is 2. The van der Waals surface area contributed by atoms with Crippen LogP contribution in [-0.4, -0.2) is 28.4 Å². The molecule has 36 heavy (non-hydrogen) atoms. The van der Waals surface area contributed by atoms with Crippen LogP contribution in [0.1, 0.15) is 41.6 Å². The van der Waals surface area contributed by atoms with E-state index in [-0.39, 0.29) is 11.3 Å². The second-order valence-electron chi connectivity index (χ2n) is 8.88. The van der Waals surface area contributed by atoms with E-state index in [0.29, 0.717) is 28.6 Å². The van der Waals surface area contributed by atoms with Crippen LogP contribution < -0.4 is 9.64 Å². The largest absolute Gasteiger partial charge is 0.507 e. The molecule has 0 saturated carbocycles. The number of nitrogens with zero attached hydrogens (tertiary/aromatic N) is 2. The Hall–Kier alpha value is -3.97. The molecule has 5 rings (SSSR count). The van der Waals surface area contributed by atoms with Crippen LogP contribution in [-0.2, 0) is 9.59 Å². The molecule has 0 spiro atoms. The predicted octanol–water partition coefficient (Wildman–Crippen LogP) is 6.33. The standard InChI is InChI=1S/C29H26N2O4S/c1-4-13-35-21-12-8-11-20(16-21)25-23(26(32)19-9-6-5-7-10-19)27(33)28(34)31(25)29-30-24-18(3)14-17(2)15-22(24)36-29/h5-12,14-16,25,32H,4,13H2,1-3H3. The van der Waals surface area contributed by atoms with Gasteiger partial charge in [-0.1, -0.05) is 66.8 Å². The average Bonchev–Trinajstić information content (AvgIpc) is 3.41. The molecule has 1 aliphatic heterocycles. The van der Waals surface area contributed by atoms with Gasteiger partial charge in [-0.15, -0.1) is 0 Å². The van der Waals surface area contributed by atoms with E-state index in [0.717, 1.165) is 27.8 Å². The van der Waals surface area contributed by atoms with Crippen molar-refractivity contribution in [1.29, 1.82) is 0 Å². The molecule has 1 unspecified atom stereocenters. The zero-order chi connectivity index (χ0) is 25.4. The maximum atomic E-state index is 13.5. The fourth-order valence-corrected chi connectivity index (χ4v) is 5.72. The summed E-state index contributed by atoms with van der Waals surface area (Å²) in [7, 11) is 0. The summed E-state index contributed by atoms with van der Waals surface area (Å²) in [6.07, 6.45) is 0.848. The summed E-state index contributed by atoms with van der Waals surface area (Å²) in [5.41, 5.74) is 4.05. The first kappa shape index (κ1) is 23.8. The lowest BCUT2D eigenvalue weighted by Gasteiger charge is -2.23. The Labute approximate surface area is 213 Å². The lowest BCUT2D eigenvalue weighted by atomic mass is 9.95. The van der Waals surface area contributed by atoms with E-state index in [4.69, 9.17) is 9.72 Å². The molecule has 1 saturated heterocycles. The lowest BCUT2D eigenvalue weighted by molar-refractivity contribution is -0.132. The van der Waals surface area contributed by atoms with E-state index in [2.05, 4.69) is 0 Å². The number of hydrogen-bond acceptors (Lipinski definition) is 6. The van der Waals surface area contributed by atoms with Gasteiger partial charge in [-0.2, -0.15) is 0 Å². The van der Waals surface area contributed by atoms with Crippen LogP contribution in [0.2, 0.25) is 0 Å². The average molecular weight is 499 g/mol. The molecule has 1 aliphatic rings. The van der Waals surface area contributed by atoms with Gasteiger partial charge in [0.05, 0.1) is 28.4 Å². The quantitative estimate of drug-likeness (QED) is 0.191. The molecule has 1 atom stereocenters. The molecule has 2 heterocycles. The van der Waals surface area contributed by atoms with E-state index in [1.165, 1.54) is 16.2 Å². The molecule has 0 bridgehead atoms. The molecule has 182 valence electrons.